The Bertz CT molecular complexity index is 653. The van der Waals surface area contributed by atoms with Crippen LogP contribution in [0.1, 0.15) is 0 Å². The van der Waals surface area contributed by atoms with Gasteiger partial charge in [-0.15, -0.1) is 0 Å². The van der Waals surface area contributed by atoms with Crippen LogP contribution in [-0.4, -0.2) is 32.3 Å². The number of anilines is 3. The number of hydrogen-bond donors (Lipinski definition) is 2. The maximum Gasteiger partial charge on any atom is 0.323 e. The molecule has 23 heavy (non-hydrogen) atoms. The minimum absolute atomic E-state index is 0.338. The van der Waals surface area contributed by atoms with Gasteiger partial charge < -0.3 is 20.3 Å². The smallest absolute Gasteiger partial charge is 0.323 e. The second-order valence-electron chi connectivity index (χ2n) is 5.23. The fraction of sp³-hybridized carbons (Fsp3) is 0.235. The molecule has 2 N–H and O–H groups in total. The Labute approximate surface area is 134 Å². The molecule has 1 heterocycles. The lowest BCUT2D eigenvalue weighted by molar-refractivity contribution is 0.122. The van der Waals surface area contributed by atoms with Crippen molar-refractivity contribution in [1.82, 2.24) is 0 Å². The number of ether oxygens (including phenoxy) is 1. The first-order chi connectivity index (χ1) is 11.2. The van der Waals surface area contributed by atoms with Crippen LogP contribution in [0.4, 0.5) is 26.2 Å². The minimum atomic E-state index is -0.365. The highest BCUT2D eigenvalue weighted by Crippen LogP contribution is 2.19. The van der Waals surface area contributed by atoms with Gasteiger partial charge in [0.25, 0.3) is 0 Å². The molecule has 1 fully saturated rings. The van der Waals surface area contributed by atoms with Crippen LogP contribution in [0.5, 0.6) is 0 Å². The van der Waals surface area contributed by atoms with Crippen LogP contribution in [0.25, 0.3) is 0 Å². The van der Waals surface area contributed by atoms with Crippen molar-refractivity contribution in [2.45, 2.75) is 0 Å². The standard InChI is InChI=1S/C17H18FN3O2/c18-13-1-3-14(4-2-13)19-17(22)20-15-5-7-16(8-6-15)21-9-11-23-12-10-21/h1-8H,9-12H2,(H2,19,20,22). The van der Waals surface area contributed by atoms with Crippen molar-refractivity contribution in [2.24, 2.45) is 0 Å². The summed E-state index contributed by atoms with van der Waals surface area (Å²) in [6, 6.07) is 12.9. The first-order valence-electron chi connectivity index (χ1n) is 7.47. The summed E-state index contributed by atoms with van der Waals surface area (Å²) >= 11 is 0. The van der Waals surface area contributed by atoms with Crippen LogP contribution in [0.15, 0.2) is 48.5 Å². The number of benzene rings is 2. The topological polar surface area (TPSA) is 53.6 Å². The number of carbonyl (C=O) groups is 1. The lowest BCUT2D eigenvalue weighted by Crippen LogP contribution is -2.36. The van der Waals surface area contributed by atoms with Crippen LogP contribution < -0.4 is 15.5 Å². The zero-order valence-electron chi connectivity index (χ0n) is 12.6. The highest BCUT2D eigenvalue weighted by atomic mass is 19.1. The predicted molar refractivity (Wildman–Crippen MR) is 88.5 cm³/mol. The minimum Gasteiger partial charge on any atom is -0.378 e. The zero-order chi connectivity index (χ0) is 16.1. The van der Waals surface area contributed by atoms with Gasteiger partial charge in [-0.2, -0.15) is 0 Å². The molecule has 5 nitrogen and oxygen atoms in total. The third-order valence-electron chi connectivity index (χ3n) is 3.60. The quantitative estimate of drug-likeness (QED) is 0.914. The van der Waals surface area contributed by atoms with E-state index in [1.54, 1.807) is 0 Å². The molecule has 6 heteroatoms. The van der Waals surface area contributed by atoms with E-state index in [-0.39, 0.29) is 11.8 Å². The molecule has 2 amide bonds. The van der Waals surface area contributed by atoms with Crippen LogP contribution in [0, 0.1) is 5.82 Å². The van der Waals surface area contributed by atoms with Gasteiger partial charge in [0.15, 0.2) is 0 Å². The molecule has 1 saturated heterocycles. The summed E-state index contributed by atoms with van der Waals surface area (Å²) in [6.45, 7) is 3.22. The zero-order valence-corrected chi connectivity index (χ0v) is 12.6. The molecule has 0 saturated carbocycles. The predicted octanol–water partition coefficient (Wildman–Crippen LogP) is 3.31. The second kappa shape index (κ2) is 7.11. The van der Waals surface area contributed by atoms with Crippen molar-refractivity contribution >= 4 is 23.1 Å². The van der Waals surface area contributed by atoms with Gasteiger partial charge in [0, 0.05) is 30.2 Å². The van der Waals surface area contributed by atoms with Crippen LogP contribution in [0.2, 0.25) is 0 Å². The summed E-state index contributed by atoms with van der Waals surface area (Å²) in [6.07, 6.45) is 0. The van der Waals surface area contributed by atoms with E-state index in [1.807, 2.05) is 24.3 Å². The summed E-state index contributed by atoms with van der Waals surface area (Å²) in [5.74, 6) is -0.338. The van der Waals surface area contributed by atoms with Gasteiger partial charge in [-0.25, -0.2) is 9.18 Å². The van der Waals surface area contributed by atoms with Gasteiger partial charge in [0.05, 0.1) is 13.2 Å². The molecular weight excluding hydrogens is 297 g/mol. The molecular formula is C17H18FN3O2. The Morgan fingerprint density at radius 2 is 1.43 bits per heavy atom. The van der Waals surface area contributed by atoms with Crippen molar-refractivity contribution < 1.29 is 13.9 Å². The highest BCUT2D eigenvalue weighted by molar-refractivity contribution is 5.99. The van der Waals surface area contributed by atoms with Gasteiger partial charge in [-0.05, 0) is 48.5 Å². The molecule has 1 aliphatic heterocycles. The summed E-state index contributed by atoms with van der Waals surface area (Å²) in [7, 11) is 0. The van der Waals surface area contributed by atoms with Crippen molar-refractivity contribution in [1.29, 1.82) is 0 Å². The van der Waals surface area contributed by atoms with E-state index in [2.05, 4.69) is 15.5 Å². The Morgan fingerprint density at radius 3 is 2.00 bits per heavy atom. The van der Waals surface area contributed by atoms with Gasteiger partial charge in [-0.1, -0.05) is 0 Å². The number of morpholine rings is 1. The Balaban J connectivity index is 1.57. The lowest BCUT2D eigenvalue weighted by Gasteiger charge is -2.28. The molecule has 1 aliphatic rings. The molecule has 0 aromatic heterocycles. The van der Waals surface area contributed by atoms with Gasteiger partial charge in [-0.3, -0.25) is 0 Å². The number of amides is 2. The molecule has 0 unspecified atom stereocenters. The van der Waals surface area contributed by atoms with Crippen molar-refractivity contribution in [3.8, 4) is 0 Å². The van der Waals surface area contributed by atoms with Crippen molar-refractivity contribution in [3.05, 3.63) is 54.3 Å². The van der Waals surface area contributed by atoms with Crippen LogP contribution in [-0.2, 0) is 4.74 Å². The van der Waals surface area contributed by atoms with Gasteiger partial charge in [0.2, 0.25) is 0 Å². The summed E-state index contributed by atoms with van der Waals surface area (Å²) < 4.78 is 18.2. The van der Waals surface area contributed by atoms with E-state index in [9.17, 15) is 9.18 Å². The van der Waals surface area contributed by atoms with Crippen LogP contribution >= 0.6 is 0 Å². The number of urea groups is 1. The first-order valence-corrected chi connectivity index (χ1v) is 7.47. The molecule has 0 atom stereocenters. The maximum atomic E-state index is 12.8. The number of hydrogen-bond acceptors (Lipinski definition) is 3. The van der Waals surface area contributed by atoms with E-state index in [1.165, 1.54) is 24.3 Å². The Morgan fingerprint density at radius 1 is 0.913 bits per heavy atom. The number of halogens is 1. The molecule has 0 spiro atoms. The Hall–Kier alpha value is -2.60. The highest BCUT2D eigenvalue weighted by Gasteiger charge is 2.11. The second-order valence-corrected chi connectivity index (χ2v) is 5.23. The molecule has 2 aromatic rings. The molecule has 0 bridgehead atoms. The van der Waals surface area contributed by atoms with Crippen molar-refractivity contribution in [3.63, 3.8) is 0 Å². The number of rotatable bonds is 3. The third kappa shape index (κ3) is 4.20. The SMILES string of the molecule is O=C(Nc1ccc(F)cc1)Nc1ccc(N2CCOCC2)cc1. The van der Waals surface area contributed by atoms with Crippen LogP contribution in [0.3, 0.4) is 0 Å². The summed E-state index contributed by atoms with van der Waals surface area (Å²) in [5, 5.41) is 5.40. The largest absolute Gasteiger partial charge is 0.378 e. The van der Waals surface area contributed by atoms with Gasteiger partial charge >= 0.3 is 6.03 Å². The summed E-state index contributed by atoms with van der Waals surface area (Å²) in [4.78, 5) is 14.2. The molecule has 3 rings (SSSR count). The average molecular weight is 315 g/mol. The maximum absolute atomic E-state index is 12.8. The monoisotopic (exact) mass is 315 g/mol. The third-order valence-corrected chi connectivity index (χ3v) is 3.60. The molecule has 0 radical (unpaired) electrons. The van der Waals surface area contributed by atoms with E-state index in [0.717, 1.165) is 32.0 Å². The average Bonchev–Trinajstić information content (AvgIpc) is 2.58. The lowest BCUT2D eigenvalue weighted by atomic mass is 10.2. The number of carbonyl (C=O) groups excluding carboxylic acids is 1. The van der Waals surface area contributed by atoms with E-state index in [4.69, 9.17) is 4.74 Å². The van der Waals surface area contributed by atoms with E-state index in [0.29, 0.717) is 11.4 Å². The first kappa shape index (κ1) is 15.3. The number of nitrogens with one attached hydrogen (secondary N) is 2. The Kier molecular flexibility index (Phi) is 4.73. The van der Waals surface area contributed by atoms with E-state index < -0.39 is 0 Å². The molecule has 0 aliphatic carbocycles. The van der Waals surface area contributed by atoms with Gasteiger partial charge in [0.1, 0.15) is 5.82 Å². The molecule has 120 valence electrons. The van der Waals surface area contributed by atoms with E-state index >= 15 is 0 Å². The number of nitrogens with zero attached hydrogens (tertiary/aromatic N) is 1. The normalized spacial score (nSPS) is 14.4. The molecule has 2 aromatic carbocycles. The fourth-order valence-corrected chi connectivity index (χ4v) is 2.40. The van der Waals surface area contributed by atoms with Crippen molar-refractivity contribution in [2.75, 3.05) is 41.8 Å². The summed E-state index contributed by atoms with van der Waals surface area (Å²) in [5.41, 5.74) is 2.34. The fourth-order valence-electron chi connectivity index (χ4n) is 2.40.